The number of rotatable bonds is 3. The number of nitrogens with one attached hydrogen (secondary N) is 1. The van der Waals surface area contributed by atoms with Crippen LogP contribution in [0.15, 0.2) is 49.1 Å². The number of nitrogens with zero attached hydrogens (tertiary/aromatic N) is 4. The van der Waals surface area contributed by atoms with Gasteiger partial charge in [-0.2, -0.15) is 0 Å². The van der Waals surface area contributed by atoms with Crippen molar-refractivity contribution >= 4 is 40.0 Å². The van der Waals surface area contributed by atoms with Crippen LogP contribution >= 0.6 is 23.2 Å². The van der Waals surface area contributed by atoms with Gasteiger partial charge in [0.25, 0.3) is 5.91 Å². The molecule has 1 aliphatic heterocycles. The summed E-state index contributed by atoms with van der Waals surface area (Å²) < 4.78 is 5.09. The summed E-state index contributed by atoms with van der Waals surface area (Å²) in [5.74, 6) is 0.252. The summed E-state index contributed by atoms with van der Waals surface area (Å²) in [6.45, 7) is 0.851. The zero-order valence-electron chi connectivity index (χ0n) is 16.5. The van der Waals surface area contributed by atoms with Crippen molar-refractivity contribution in [2.75, 3.05) is 13.7 Å². The zero-order valence-corrected chi connectivity index (χ0v) is 18.0. The lowest BCUT2D eigenvalue weighted by Crippen LogP contribution is -2.39. The van der Waals surface area contributed by atoms with Crippen molar-refractivity contribution < 1.29 is 9.53 Å². The van der Waals surface area contributed by atoms with Gasteiger partial charge in [0.1, 0.15) is 0 Å². The topological polar surface area (TPSA) is 84.0 Å². The lowest BCUT2D eigenvalue weighted by atomic mass is 9.89. The Hall–Kier alpha value is -3.16. The fourth-order valence-corrected chi connectivity index (χ4v) is 4.37. The number of hydrogen-bond donors (Lipinski definition) is 1. The first-order valence-electron chi connectivity index (χ1n) is 9.60. The van der Waals surface area contributed by atoms with Crippen LogP contribution in [-0.2, 0) is 6.54 Å². The molecule has 0 unspecified atom stereocenters. The van der Waals surface area contributed by atoms with Gasteiger partial charge in [0, 0.05) is 48.0 Å². The van der Waals surface area contributed by atoms with Gasteiger partial charge < -0.3 is 14.6 Å². The molecule has 9 heteroatoms. The van der Waals surface area contributed by atoms with Gasteiger partial charge in [-0.25, -0.2) is 9.97 Å². The first kappa shape index (κ1) is 19.8. The lowest BCUT2D eigenvalue weighted by molar-refractivity contribution is 0.0712. The Morgan fingerprint density at radius 1 is 1.19 bits per heavy atom. The minimum absolute atomic E-state index is 0.109. The van der Waals surface area contributed by atoms with E-state index in [1.54, 1.807) is 17.2 Å². The number of amides is 1. The third kappa shape index (κ3) is 3.40. The van der Waals surface area contributed by atoms with E-state index in [1.807, 2.05) is 24.4 Å². The Bertz CT molecular complexity index is 1270. The van der Waals surface area contributed by atoms with E-state index >= 15 is 0 Å². The maximum absolute atomic E-state index is 13.3. The van der Waals surface area contributed by atoms with Crippen LogP contribution in [0.25, 0.3) is 10.9 Å². The largest absolute Gasteiger partial charge is 0.494 e. The van der Waals surface area contributed by atoms with Gasteiger partial charge in [0.05, 0.1) is 35.1 Å². The molecule has 31 heavy (non-hydrogen) atoms. The predicted molar refractivity (Wildman–Crippen MR) is 118 cm³/mol. The highest BCUT2D eigenvalue weighted by atomic mass is 35.5. The molecular formula is C22H17Cl2N5O2. The number of benzene rings is 1. The highest BCUT2D eigenvalue weighted by Gasteiger charge is 2.34. The van der Waals surface area contributed by atoms with Crippen molar-refractivity contribution in [3.8, 4) is 5.75 Å². The summed E-state index contributed by atoms with van der Waals surface area (Å²) in [7, 11) is 1.53. The molecule has 1 aliphatic rings. The van der Waals surface area contributed by atoms with Gasteiger partial charge in [-0.05, 0) is 17.7 Å². The van der Waals surface area contributed by atoms with Crippen molar-refractivity contribution in [3.05, 3.63) is 81.7 Å². The van der Waals surface area contributed by atoms with E-state index in [-0.39, 0.29) is 17.6 Å². The monoisotopic (exact) mass is 453 g/mol. The van der Waals surface area contributed by atoms with Crippen LogP contribution in [0.2, 0.25) is 10.0 Å². The number of methoxy groups -OCH3 is 1. The summed E-state index contributed by atoms with van der Waals surface area (Å²) in [6, 6.07) is 7.58. The van der Waals surface area contributed by atoms with Gasteiger partial charge >= 0.3 is 0 Å². The Balaban J connectivity index is 1.61. The molecule has 0 spiro atoms. The Morgan fingerprint density at radius 3 is 2.71 bits per heavy atom. The number of carbonyl (C=O) groups is 1. The molecule has 0 bridgehead atoms. The molecular weight excluding hydrogens is 437 g/mol. The van der Waals surface area contributed by atoms with Crippen LogP contribution in [0, 0.1) is 0 Å². The van der Waals surface area contributed by atoms with E-state index in [0.717, 1.165) is 27.7 Å². The van der Waals surface area contributed by atoms with Crippen LogP contribution < -0.4 is 4.74 Å². The van der Waals surface area contributed by atoms with Crippen molar-refractivity contribution in [3.63, 3.8) is 0 Å². The first-order valence-corrected chi connectivity index (χ1v) is 10.4. The smallest absolute Gasteiger partial charge is 0.291 e. The molecule has 4 aromatic rings. The second-order valence-corrected chi connectivity index (χ2v) is 8.06. The zero-order chi connectivity index (χ0) is 21.5. The molecule has 0 aliphatic carbocycles. The normalized spacial score (nSPS) is 15.7. The van der Waals surface area contributed by atoms with Gasteiger partial charge in [-0.15, -0.1) is 0 Å². The van der Waals surface area contributed by atoms with E-state index in [4.69, 9.17) is 27.9 Å². The summed E-state index contributed by atoms with van der Waals surface area (Å²) in [6.07, 6.45) is 6.51. The number of carbonyl (C=O) groups excluding carboxylic acids is 1. The fourth-order valence-electron chi connectivity index (χ4n) is 4.00. The number of fused-ring (bicyclic) bond motifs is 3. The van der Waals surface area contributed by atoms with Crippen LogP contribution in [0.3, 0.4) is 0 Å². The average molecular weight is 454 g/mol. The SMILES string of the molecule is COc1cnc(C(=O)N2Cc3c([nH]c4c(Cl)c(Cl)ccc34)[C@H](c3cccnc3)C2)nc1. The number of halogens is 2. The Kier molecular flexibility index (Phi) is 5.00. The molecule has 1 amide bonds. The number of aromatic amines is 1. The Morgan fingerprint density at radius 2 is 2.00 bits per heavy atom. The molecule has 0 radical (unpaired) electrons. The summed E-state index contributed by atoms with van der Waals surface area (Å²) in [5, 5.41) is 1.88. The van der Waals surface area contributed by atoms with E-state index < -0.39 is 0 Å². The molecule has 0 saturated carbocycles. The van der Waals surface area contributed by atoms with Gasteiger partial charge in [-0.3, -0.25) is 9.78 Å². The highest BCUT2D eigenvalue weighted by molar-refractivity contribution is 6.45. The number of ether oxygens (including phenoxy) is 1. The first-order chi connectivity index (χ1) is 15.1. The van der Waals surface area contributed by atoms with Crippen molar-refractivity contribution in [1.29, 1.82) is 0 Å². The quantitative estimate of drug-likeness (QED) is 0.494. The van der Waals surface area contributed by atoms with Crippen molar-refractivity contribution in [2.45, 2.75) is 12.5 Å². The molecule has 1 aromatic carbocycles. The molecule has 156 valence electrons. The van der Waals surface area contributed by atoms with Crippen molar-refractivity contribution in [2.24, 2.45) is 0 Å². The summed E-state index contributed by atoms with van der Waals surface area (Å²) in [4.78, 5) is 31.1. The fraction of sp³-hybridized carbons (Fsp3) is 0.182. The molecule has 3 aromatic heterocycles. The Labute approximate surface area is 188 Å². The minimum Gasteiger partial charge on any atom is -0.494 e. The minimum atomic E-state index is -0.253. The van der Waals surface area contributed by atoms with E-state index in [9.17, 15) is 4.79 Å². The van der Waals surface area contributed by atoms with Crippen LogP contribution in [0.5, 0.6) is 5.75 Å². The van der Waals surface area contributed by atoms with Crippen LogP contribution in [0.1, 0.15) is 33.4 Å². The number of pyridine rings is 1. The van der Waals surface area contributed by atoms with Gasteiger partial charge in [-0.1, -0.05) is 35.3 Å². The van der Waals surface area contributed by atoms with Gasteiger partial charge in [0.15, 0.2) is 5.75 Å². The summed E-state index contributed by atoms with van der Waals surface area (Å²) in [5.41, 5.74) is 3.76. The van der Waals surface area contributed by atoms with Crippen LogP contribution in [-0.4, -0.2) is 44.4 Å². The molecule has 0 fully saturated rings. The van der Waals surface area contributed by atoms with Gasteiger partial charge in [0.2, 0.25) is 5.82 Å². The van der Waals surface area contributed by atoms with E-state index in [0.29, 0.717) is 28.9 Å². The maximum Gasteiger partial charge on any atom is 0.291 e. The number of H-pyrrole nitrogens is 1. The van der Waals surface area contributed by atoms with Crippen molar-refractivity contribution in [1.82, 2.24) is 24.8 Å². The number of aromatic nitrogens is 4. The highest BCUT2D eigenvalue weighted by Crippen LogP contribution is 2.41. The molecule has 5 rings (SSSR count). The third-order valence-electron chi connectivity index (χ3n) is 5.53. The lowest BCUT2D eigenvalue weighted by Gasteiger charge is -2.32. The maximum atomic E-state index is 13.3. The molecule has 1 N–H and O–H groups in total. The molecule has 4 heterocycles. The molecule has 7 nitrogen and oxygen atoms in total. The van der Waals surface area contributed by atoms with E-state index in [1.165, 1.54) is 19.5 Å². The second kappa shape index (κ2) is 7.83. The van der Waals surface area contributed by atoms with Crippen LogP contribution in [0.4, 0.5) is 0 Å². The number of hydrogen-bond acceptors (Lipinski definition) is 5. The predicted octanol–water partition coefficient (Wildman–Crippen LogP) is 4.46. The average Bonchev–Trinajstić information content (AvgIpc) is 3.20. The third-order valence-corrected chi connectivity index (χ3v) is 6.34. The second-order valence-electron chi connectivity index (χ2n) is 7.27. The molecule has 1 atom stereocenters. The van der Waals surface area contributed by atoms with E-state index in [2.05, 4.69) is 19.9 Å². The summed E-state index contributed by atoms with van der Waals surface area (Å²) >= 11 is 12.7. The standard InChI is InChI=1S/C22H17Cl2N5O2/c1-31-13-8-26-21(27-9-13)22(30)29-10-15(12-3-2-6-25-7-12)19-16(11-29)14-4-5-17(23)18(24)20(14)28-19/h2-9,15,28H,10-11H2,1H3/t15-/m0/s1. The molecule has 0 saturated heterocycles.